The third-order valence-electron chi connectivity index (χ3n) is 3.80. The molecule has 0 bridgehead atoms. The minimum Gasteiger partial charge on any atom is -0.391 e. The second kappa shape index (κ2) is 5.67. The number of allylic oxidation sites excluding steroid dienone is 3. The summed E-state index contributed by atoms with van der Waals surface area (Å²) in [6.07, 6.45) is 12.9. The van der Waals surface area contributed by atoms with Crippen molar-refractivity contribution < 1.29 is 4.74 Å². The molecule has 1 aromatic heterocycles. The number of hydrogen-bond acceptors (Lipinski definition) is 3. The normalized spacial score (nSPS) is 26.0. The van der Waals surface area contributed by atoms with Crippen LogP contribution in [0.1, 0.15) is 42.8 Å². The number of H-pyrrole nitrogens is 1. The van der Waals surface area contributed by atoms with Crippen LogP contribution in [0.4, 0.5) is 0 Å². The van der Waals surface area contributed by atoms with Crippen molar-refractivity contribution in [3.8, 4) is 0 Å². The van der Waals surface area contributed by atoms with Crippen molar-refractivity contribution in [1.82, 2.24) is 15.5 Å². The third-order valence-corrected chi connectivity index (χ3v) is 3.80. The van der Waals surface area contributed by atoms with Crippen molar-refractivity contribution in [3.05, 3.63) is 47.0 Å². The van der Waals surface area contributed by atoms with Crippen LogP contribution >= 0.6 is 0 Å². The van der Waals surface area contributed by atoms with Gasteiger partial charge >= 0.3 is 0 Å². The molecule has 3 heterocycles. The van der Waals surface area contributed by atoms with E-state index in [-0.39, 0.29) is 12.2 Å². The number of nitrogens with one attached hydrogen (secondary N) is 2. The van der Waals surface area contributed by atoms with Gasteiger partial charge in [0, 0.05) is 17.8 Å². The van der Waals surface area contributed by atoms with Gasteiger partial charge in [0.2, 0.25) is 0 Å². The Bertz CT molecular complexity index is 568. The van der Waals surface area contributed by atoms with E-state index < -0.39 is 0 Å². The van der Waals surface area contributed by atoms with Gasteiger partial charge in [0.1, 0.15) is 12.2 Å². The van der Waals surface area contributed by atoms with E-state index in [4.69, 9.17) is 4.74 Å². The number of aromatic amines is 1. The lowest BCUT2D eigenvalue weighted by Gasteiger charge is -2.12. The van der Waals surface area contributed by atoms with E-state index in [1.807, 2.05) is 31.2 Å². The smallest absolute Gasteiger partial charge is 0.117 e. The Morgan fingerprint density at radius 3 is 3.00 bits per heavy atom. The summed E-state index contributed by atoms with van der Waals surface area (Å²) < 4.78 is 5.91. The van der Waals surface area contributed by atoms with Crippen molar-refractivity contribution in [2.24, 2.45) is 0 Å². The van der Waals surface area contributed by atoms with Gasteiger partial charge < -0.3 is 10.1 Å². The number of aryl methyl sites for hydroxylation is 1. The van der Waals surface area contributed by atoms with Gasteiger partial charge in [-0.1, -0.05) is 18.2 Å². The molecule has 2 aliphatic heterocycles. The monoisotopic (exact) mass is 271 g/mol. The molecule has 0 spiro atoms. The van der Waals surface area contributed by atoms with E-state index in [0.717, 1.165) is 24.4 Å². The molecule has 1 saturated heterocycles. The summed E-state index contributed by atoms with van der Waals surface area (Å²) in [4.78, 5) is 0. The molecule has 1 fully saturated rings. The molecule has 0 amide bonds. The summed E-state index contributed by atoms with van der Waals surface area (Å²) in [5.74, 6) is 0. The summed E-state index contributed by atoms with van der Waals surface area (Å²) in [7, 11) is 0. The lowest BCUT2D eigenvalue weighted by Crippen LogP contribution is -2.16. The minimum atomic E-state index is 0.158. The summed E-state index contributed by atoms with van der Waals surface area (Å²) in [5, 5.41) is 10.7. The summed E-state index contributed by atoms with van der Waals surface area (Å²) in [6, 6.07) is 0. The van der Waals surface area contributed by atoms with Crippen molar-refractivity contribution in [2.75, 3.05) is 6.54 Å². The van der Waals surface area contributed by atoms with Crippen LogP contribution in [0.15, 0.2) is 30.0 Å². The van der Waals surface area contributed by atoms with E-state index in [0.29, 0.717) is 0 Å². The molecule has 0 radical (unpaired) electrons. The van der Waals surface area contributed by atoms with Crippen LogP contribution in [0.2, 0.25) is 0 Å². The van der Waals surface area contributed by atoms with Gasteiger partial charge in [0.25, 0.3) is 0 Å². The SMILES string of the molecule is C/C=C\C=C/c1n[nH]c(C)c1C1OC1C1=CNCCC1. The van der Waals surface area contributed by atoms with E-state index in [2.05, 4.69) is 28.6 Å². The number of rotatable bonds is 4. The van der Waals surface area contributed by atoms with Crippen LogP contribution < -0.4 is 5.32 Å². The molecule has 2 N–H and O–H groups in total. The first-order chi connectivity index (χ1) is 9.81. The zero-order valence-electron chi connectivity index (χ0n) is 12.0. The maximum absolute atomic E-state index is 5.91. The molecular weight excluding hydrogens is 250 g/mol. The molecule has 3 rings (SSSR count). The van der Waals surface area contributed by atoms with Crippen molar-refractivity contribution >= 4 is 6.08 Å². The van der Waals surface area contributed by atoms with Crippen LogP contribution in [0, 0.1) is 6.92 Å². The van der Waals surface area contributed by atoms with Crippen LogP contribution in [0.3, 0.4) is 0 Å². The van der Waals surface area contributed by atoms with Gasteiger partial charge in [-0.2, -0.15) is 5.10 Å². The average Bonchev–Trinajstić information content (AvgIpc) is 3.18. The van der Waals surface area contributed by atoms with E-state index in [9.17, 15) is 0 Å². The van der Waals surface area contributed by atoms with Crippen LogP contribution in [-0.2, 0) is 4.74 Å². The quantitative estimate of drug-likeness (QED) is 0.654. The lowest BCUT2D eigenvalue weighted by atomic mass is 9.99. The first-order valence-electron chi connectivity index (χ1n) is 7.23. The van der Waals surface area contributed by atoms with E-state index in [1.54, 1.807) is 0 Å². The van der Waals surface area contributed by atoms with Gasteiger partial charge in [-0.15, -0.1) is 0 Å². The zero-order chi connectivity index (χ0) is 13.9. The summed E-state index contributed by atoms with van der Waals surface area (Å²) in [6.45, 7) is 5.13. The third kappa shape index (κ3) is 2.56. The molecule has 0 aromatic carbocycles. The lowest BCUT2D eigenvalue weighted by molar-refractivity contribution is 0.383. The van der Waals surface area contributed by atoms with Crippen molar-refractivity contribution in [3.63, 3.8) is 0 Å². The molecule has 4 nitrogen and oxygen atoms in total. The Morgan fingerprint density at radius 2 is 2.25 bits per heavy atom. The van der Waals surface area contributed by atoms with Crippen LogP contribution in [0.5, 0.6) is 0 Å². The van der Waals surface area contributed by atoms with Crippen molar-refractivity contribution in [1.29, 1.82) is 0 Å². The van der Waals surface area contributed by atoms with Gasteiger partial charge in [-0.3, -0.25) is 5.10 Å². The fourth-order valence-corrected chi connectivity index (χ4v) is 2.71. The topological polar surface area (TPSA) is 53.2 Å². The molecule has 2 aliphatic rings. The highest BCUT2D eigenvalue weighted by Gasteiger charge is 2.45. The number of nitrogens with zero attached hydrogens (tertiary/aromatic N) is 1. The molecule has 2 unspecified atom stereocenters. The Labute approximate surface area is 119 Å². The zero-order valence-corrected chi connectivity index (χ0v) is 12.0. The summed E-state index contributed by atoms with van der Waals surface area (Å²) >= 11 is 0. The van der Waals surface area contributed by atoms with Gasteiger partial charge in [0.15, 0.2) is 0 Å². The molecule has 0 aliphatic carbocycles. The predicted octanol–water partition coefficient (Wildman–Crippen LogP) is 3.01. The van der Waals surface area contributed by atoms with Crippen LogP contribution in [-0.4, -0.2) is 22.8 Å². The second-order valence-electron chi connectivity index (χ2n) is 5.29. The maximum atomic E-state index is 5.91. The molecule has 1 aromatic rings. The molecule has 4 heteroatoms. The number of ether oxygens (including phenoxy) is 1. The van der Waals surface area contributed by atoms with E-state index in [1.165, 1.54) is 17.6 Å². The molecular formula is C16H21N3O. The second-order valence-corrected chi connectivity index (χ2v) is 5.29. The Hall–Kier alpha value is -1.81. The van der Waals surface area contributed by atoms with Crippen molar-refractivity contribution in [2.45, 2.75) is 38.9 Å². The van der Waals surface area contributed by atoms with Crippen LogP contribution in [0.25, 0.3) is 6.08 Å². The number of aromatic nitrogens is 2. The standard InChI is InChI=1S/C16H21N3O/c1-3-4-5-8-13-14(11(2)18-19-13)16-15(20-16)12-7-6-9-17-10-12/h3-5,8,10,15-17H,6-7,9H2,1-2H3,(H,18,19)/b4-3-,8-5-. The number of epoxide rings is 1. The fraction of sp³-hybridized carbons (Fsp3) is 0.438. The highest BCUT2D eigenvalue weighted by Crippen LogP contribution is 2.46. The van der Waals surface area contributed by atoms with Gasteiger partial charge in [-0.05, 0) is 44.5 Å². The first kappa shape index (κ1) is 13.2. The van der Waals surface area contributed by atoms with Gasteiger partial charge in [0.05, 0.1) is 5.69 Å². The fourth-order valence-electron chi connectivity index (χ4n) is 2.71. The molecule has 106 valence electrons. The summed E-state index contributed by atoms with van der Waals surface area (Å²) in [5.41, 5.74) is 4.66. The highest BCUT2D eigenvalue weighted by atomic mass is 16.6. The Kier molecular flexibility index (Phi) is 3.74. The Morgan fingerprint density at radius 1 is 1.35 bits per heavy atom. The maximum Gasteiger partial charge on any atom is 0.117 e. The predicted molar refractivity (Wildman–Crippen MR) is 80.1 cm³/mol. The van der Waals surface area contributed by atoms with Gasteiger partial charge in [-0.25, -0.2) is 0 Å². The molecule has 0 saturated carbocycles. The highest BCUT2D eigenvalue weighted by molar-refractivity contribution is 5.54. The number of hydrogen-bond donors (Lipinski definition) is 2. The average molecular weight is 271 g/mol. The molecule has 2 atom stereocenters. The Balaban J connectivity index is 1.78. The van der Waals surface area contributed by atoms with E-state index >= 15 is 0 Å². The first-order valence-corrected chi connectivity index (χ1v) is 7.23. The minimum absolute atomic E-state index is 0.158. The molecule has 20 heavy (non-hydrogen) atoms. The largest absolute Gasteiger partial charge is 0.391 e.